The fraction of sp³-hybridized carbons (Fsp3) is 0.0909. The van der Waals surface area contributed by atoms with Gasteiger partial charge in [0, 0.05) is 10.6 Å². The van der Waals surface area contributed by atoms with E-state index in [-0.39, 0.29) is 17.3 Å². The summed E-state index contributed by atoms with van der Waals surface area (Å²) in [5.74, 6) is -0.0855. The van der Waals surface area contributed by atoms with Gasteiger partial charge in [0.1, 0.15) is 6.33 Å². The predicted octanol–water partition coefficient (Wildman–Crippen LogP) is 2.43. The Labute approximate surface area is 113 Å². The molecule has 0 aliphatic rings. The first kappa shape index (κ1) is 13.1. The van der Waals surface area contributed by atoms with E-state index >= 15 is 0 Å². The van der Waals surface area contributed by atoms with Crippen molar-refractivity contribution in [2.75, 3.05) is 17.3 Å². The van der Waals surface area contributed by atoms with Crippen LogP contribution in [0.25, 0.3) is 0 Å². The SMILES string of the molecule is CSc1ccc(Nc2ncnc(N)c2[N+](=O)[O-])cc1. The second kappa shape index (κ2) is 5.53. The van der Waals surface area contributed by atoms with Crippen molar-refractivity contribution in [2.24, 2.45) is 0 Å². The van der Waals surface area contributed by atoms with Crippen molar-refractivity contribution in [2.45, 2.75) is 4.90 Å². The van der Waals surface area contributed by atoms with Gasteiger partial charge in [0.15, 0.2) is 0 Å². The molecule has 98 valence electrons. The number of thioether (sulfide) groups is 1. The van der Waals surface area contributed by atoms with Gasteiger partial charge in [0.2, 0.25) is 11.6 Å². The first-order valence-corrected chi connectivity index (χ1v) is 6.50. The summed E-state index contributed by atoms with van der Waals surface area (Å²) in [6.45, 7) is 0. The first-order valence-electron chi connectivity index (χ1n) is 5.27. The fourth-order valence-corrected chi connectivity index (χ4v) is 1.88. The van der Waals surface area contributed by atoms with Crippen LogP contribution in [0.5, 0.6) is 0 Å². The quantitative estimate of drug-likeness (QED) is 0.502. The highest BCUT2D eigenvalue weighted by Gasteiger charge is 2.20. The van der Waals surface area contributed by atoms with Gasteiger partial charge in [0.05, 0.1) is 4.92 Å². The van der Waals surface area contributed by atoms with Crippen molar-refractivity contribution in [3.63, 3.8) is 0 Å². The Morgan fingerprint density at radius 3 is 2.58 bits per heavy atom. The van der Waals surface area contributed by atoms with Gasteiger partial charge < -0.3 is 11.1 Å². The summed E-state index contributed by atoms with van der Waals surface area (Å²) >= 11 is 1.61. The average Bonchev–Trinajstić information content (AvgIpc) is 2.39. The maximum absolute atomic E-state index is 10.9. The number of anilines is 3. The number of nitrogens with zero attached hydrogens (tertiary/aromatic N) is 3. The van der Waals surface area contributed by atoms with E-state index in [1.807, 2.05) is 30.5 Å². The number of aromatic nitrogens is 2. The summed E-state index contributed by atoms with van der Waals surface area (Å²) in [4.78, 5) is 18.9. The standard InChI is InChI=1S/C11H11N5O2S/c1-19-8-4-2-7(3-5-8)15-11-9(16(17)18)10(12)13-6-14-11/h2-6H,1H3,(H3,12,13,14,15). The lowest BCUT2D eigenvalue weighted by atomic mass is 10.3. The van der Waals surface area contributed by atoms with Crippen molar-refractivity contribution < 1.29 is 4.92 Å². The minimum Gasteiger partial charge on any atom is -0.378 e. The van der Waals surface area contributed by atoms with Crippen LogP contribution >= 0.6 is 11.8 Å². The molecule has 0 saturated heterocycles. The van der Waals surface area contributed by atoms with E-state index in [4.69, 9.17) is 5.73 Å². The smallest absolute Gasteiger partial charge is 0.353 e. The predicted molar refractivity (Wildman–Crippen MR) is 74.6 cm³/mol. The van der Waals surface area contributed by atoms with E-state index in [1.54, 1.807) is 11.8 Å². The third-order valence-corrected chi connectivity index (χ3v) is 3.13. The Kier molecular flexibility index (Phi) is 3.81. The summed E-state index contributed by atoms with van der Waals surface area (Å²) in [6.07, 6.45) is 3.15. The molecule has 0 amide bonds. The van der Waals surface area contributed by atoms with Crippen LogP contribution in [-0.4, -0.2) is 21.1 Å². The largest absolute Gasteiger partial charge is 0.378 e. The molecule has 1 heterocycles. The number of hydrogen-bond acceptors (Lipinski definition) is 7. The van der Waals surface area contributed by atoms with Crippen LogP contribution in [0.3, 0.4) is 0 Å². The Bertz CT molecular complexity index is 603. The van der Waals surface area contributed by atoms with Gasteiger partial charge >= 0.3 is 5.69 Å². The second-order valence-electron chi connectivity index (χ2n) is 3.57. The molecule has 1 aromatic heterocycles. The highest BCUT2D eigenvalue weighted by Crippen LogP contribution is 2.29. The number of nitrogens with one attached hydrogen (secondary N) is 1. The fourth-order valence-electron chi connectivity index (χ4n) is 1.47. The molecule has 0 unspecified atom stereocenters. The normalized spacial score (nSPS) is 10.2. The molecular formula is C11H11N5O2S. The van der Waals surface area contributed by atoms with Gasteiger partial charge in [-0.05, 0) is 30.5 Å². The van der Waals surface area contributed by atoms with E-state index in [0.717, 1.165) is 4.90 Å². The third kappa shape index (κ3) is 2.91. The van der Waals surface area contributed by atoms with Gasteiger partial charge in [0.25, 0.3) is 0 Å². The molecule has 0 fully saturated rings. The Hall–Kier alpha value is -2.35. The number of nitro groups is 1. The molecule has 0 spiro atoms. The molecule has 19 heavy (non-hydrogen) atoms. The molecule has 1 aromatic carbocycles. The number of hydrogen-bond donors (Lipinski definition) is 2. The van der Waals surface area contributed by atoms with Crippen molar-refractivity contribution >= 4 is 34.8 Å². The minimum absolute atomic E-state index is 0.0781. The number of nitrogen functional groups attached to an aromatic ring is 1. The van der Waals surface area contributed by atoms with Crippen LogP contribution in [0, 0.1) is 10.1 Å². The van der Waals surface area contributed by atoms with Gasteiger partial charge in [-0.25, -0.2) is 9.97 Å². The van der Waals surface area contributed by atoms with E-state index in [0.29, 0.717) is 5.69 Å². The van der Waals surface area contributed by atoms with E-state index < -0.39 is 4.92 Å². The van der Waals surface area contributed by atoms with Gasteiger partial charge in [-0.2, -0.15) is 0 Å². The summed E-state index contributed by atoms with van der Waals surface area (Å²) in [5, 5.41) is 13.8. The zero-order valence-electron chi connectivity index (χ0n) is 10.0. The summed E-state index contributed by atoms with van der Waals surface area (Å²) in [5.41, 5.74) is 5.86. The number of rotatable bonds is 4. The van der Waals surface area contributed by atoms with Crippen LogP contribution in [0.15, 0.2) is 35.5 Å². The maximum Gasteiger partial charge on any atom is 0.353 e. The molecule has 7 nitrogen and oxygen atoms in total. The molecule has 2 aromatic rings. The number of nitrogens with two attached hydrogens (primary N) is 1. The number of benzene rings is 1. The first-order chi connectivity index (χ1) is 9.11. The zero-order chi connectivity index (χ0) is 13.8. The molecule has 3 N–H and O–H groups in total. The van der Waals surface area contributed by atoms with E-state index in [1.165, 1.54) is 6.33 Å². The molecular weight excluding hydrogens is 266 g/mol. The molecule has 0 aliphatic heterocycles. The Morgan fingerprint density at radius 2 is 2.00 bits per heavy atom. The molecule has 0 saturated carbocycles. The van der Waals surface area contributed by atoms with Crippen LogP contribution in [0.1, 0.15) is 0 Å². The van der Waals surface area contributed by atoms with Gasteiger partial charge in [-0.1, -0.05) is 0 Å². The monoisotopic (exact) mass is 277 g/mol. The molecule has 2 rings (SSSR count). The minimum atomic E-state index is -0.603. The average molecular weight is 277 g/mol. The highest BCUT2D eigenvalue weighted by molar-refractivity contribution is 7.98. The molecule has 0 bridgehead atoms. The van der Waals surface area contributed by atoms with Gasteiger partial charge in [-0.15, -0.1) is 11.8 Å². The zero-order valence-corrected chi connectivity index (χ0v) is 10.8. The van der Waals surface area contributed by atoms with Crippen molar-refractivity contribution in [3.8, 4) is 0 Å². The Morgan fingerprint density at radius 1 is 1.32 bits per heavy atom. The summed E-state index contributed by atoms with van der Waals surface area (Å²) in [6, 6.07) is 7.44. The van der Waals surface area contributed by atoms with Crippen molar-refractivity contribution in [3.05, 3.63) is 40.7 Å². The summed E-state index contributed by atoms with van der Waals surface area (Å²) < 4.78 is 0. The lowest BCUT2D eigenvalue weighted by Crippen LogP contribution is -2.04. The lowest BCUT2D eigenvalue weighted by molar-refractivity contribution is -0.383. The van der Waals surface area contributed by atoms with Crippen LogP contribution in [0.4, 0.5) is 23.0 Å². The van der Waals surface area contributed by atoms with Gasteiger partial charge in [-0.3, -0.25) is 10.1 Å². The second-order valence-corrected chi connectivity index (χ2v) is 4.45. The lowest BCUT2D eigenvalue weighted by Gasteiger charge is -2.07. The van der Waals surface area contributed by atoms with Crippen molar-refractivity contribution in [1.82, 2.24) is 9.97 Å². The van der Waals surface area contributed by atoms with E-state index in [2.05, 4.69) is 15.3 Å². The highest BCUT2D eigenvalue weighted by atomic mass is 32.2. The maximum atomic E-state index is 10.9. The third-order valence-electron chi connectivity index (χ3n) is 2.39. The van der Waals surface area contributed by atoms with Crippen LogP contribution < -0.4 is 11.1 Å². The van der Waals surface area contributed by atoms with E-state index in [9.17, 15) is 10.1 Å². The van der Waals surface area contributed by atoms with Crippen LogP contribution in [-0.2, 0) is 0 Å². The topological polar surface area (TPSA) is 107 Å². The van der Waals surface area contributed by atoms with Crippen molar-refractivity contribution in [1.29, 1.82) is 0 Å². The molecule has 0 radical (unpaired) electrons. The molecule has 0 atom stereocenters. The van der Waals surface area contributed by atoms with Crippen LogP contribution in [0.2, 0.25) is 0 Å². The summed E-state index contributed by atoms with van der Waals surface area (Å²) in [7, 11) is 0. The molecule has 8 heteroatoms. The molecule has 0 aliphatic carbocycles. The Balaban J connectivity index is 2.32.